The van der Waals surface area contributed by atoms with Gasteiger partial charge in [-0.2, -0.15) is 0 Å². The van der Waals surface area contributed by atoms with Crippen molar-refractivity contribution in [1.29, 1.82) is 0 Å². The summed E-state index contributed by atoms with van der Waals surface area (Å²) in [5.74, 6) is -1.10. The van der Waals surface area contributed by atoms with Crippen molar-refractivity contribution in [2.45, 2.75) is 20.3 Å². The molecule has 1 heterocycles. The lowest BCUT2D eigenvalue weighted by molar-refractivity contribution is 0.0489. The average molecular weight is 298 g/mol. The third-order valence-corrected chi connectivity index (χ3v) is 2.89. The van der Waals surface area contributed by atoms with Crippen LogP contribution in [0.2, 0.25) is 5.02 Å². The normalized spacial score (nSPS) is 10.6. The van der Waals surface area contributed by atoms with Crippen LogP contribution < -0.4 is 0 Å². The average Bonchev–Trinajstić information content (AvgIpc) is 2.86. The molecule has 20 heavy (non-hydrogen) atoms. The second-order valence-corrected chi connectivity index (χ2v) is 4.43. The first-order chi connectivity index (χ1) is 9.56. The molecule has 4 nitrogen and oxygen atoms in total. The first-order valence-corrected chi connectivity index (χ1v) is 6.56. The molecule has 0 N–H and O–H groups in total. The second kappa shape index (κ2) is 6.05. The van der Waals surface area contributed by atoms with E-state index in [1.165, 1.54) is 18.2 Å². The van der Waals surface area contributed by atoms with Gasteiger partial charge in [0.25, 0.3) is 0 Å². The van der Waals surface area contributed by atoms with Gasteiger partial charge in [-0.25, -0.2) is 14.2 Å². The highest BCUT2D eigenvalue weighted by molar-refractivity contribution is 6.30. The number of carbonyl (C=O) groups excluding carboxylic acids is 1. The van der Waals surface area contributed by atoms with Gasteiger partial charge in [0.1, 0.15) is 5.82 Å². The zero-order valence-electron chi connectivity index (χ0n) is 11.1. The summed E-state index contributed by atoms with van der Waals surface area (Å²) < 4.78 is 24.0. The maximum Gasteiger partial charge on any atom is 0.376 e. The molecule has 0 bridgehead atoms. The molecule has 1 aromatic carbocycles. The van der Waals surface area contributed by atoms with E-state index in [4.69, 9.17) is 20.8 Å². The van der Waals surface area contributed by atoms with Gasteiger partial charge < -0.3 is 9.15 Å². The van der Waals surface area contributed by atoms with Gasteiger partial charge in [-0.05, 0) is 31.5 Å². The van der Waals surface area contributed by atoms with Crippen LogP contribution in [0.4, 0.5) is 4.39 Å². The Bertz CT molecular complexity index is 639. The zero-order chi connectivity index (χ0) is 14.7. The SMILES string of the molecule is CCOC(=O)c1oc(-c2cc(Cl)ccc2F)nc1CC. The predicted octanol–water partition coefficient (Wildman–Crippen LogP) is 3.87. The van der Waals surface area contributed by atoms with E-state index < -0.39 is 11.8 Å². The molecule has 6 heteroatoms. The van der Waals surface area contributed by atoms with E-state index in [9.17, 15) is 9.18 Å². The second-order valence-electron chi connectivity index (χ2n) is 3.99. The van der Waals surface area contributed by atoms with Crippen molar-refractivity contribution in [2.75, 3.05) is 6.61 Å². The van der Waals surface area contributed by atoms with E-state index in [0.29, 0.717) is 17.1 Å². The number of aryl methyl sites for hydroxylation is 1. The summed E-state index contributed by atoms with van der Waals surface area (Å²) in [4.78, 5) is 15.9. The summed E-state index contributed by atoms with van der Waals surface area (Å²) in [6.45, 7) is 3.74. The Kier molecular flexibility index (Phi) is 4.39. The lowest BCUT2D eigenvalue weighted by Gasteiger charge is -1.99. The highest BCUT2D eigenvalue weighted by atomic mass is 35.5. The van der Waals surface area contributed by atoms with Gasteiger partial charge in [-0.3, -0.25) is 0 Å². The summed E-state index contributed by atoms with van der Waals surface area (Å²) in [5.41, 5.74) is 0.542. The number of esters is 1. The number of rotatable bonds is 4. The molecule has 0 aliphatic heterocycles. The molecule has 0 amide bonds. The molecule has 0 saturated heterocycles. The van der Waals surface area contributed by atoms with E-state index in [-0.39, 0.29) is 23.8 Å². The van der Waals surface area contributed by atoms with Crippen LogP contribution in [-0.2, 0) is 11.2 Å². The number of halogens is 2. The smallest absolute Gasteiger partial charge is 0.376 e. The lowest BCUT2D eigenvalue weighted by Crippen LogP contribution is -2.05. The minimum atomic E-state index is -0.606. The summed E-state index contributed by atoms with van der Waals surface area (Å²) in [6, 6.07) is 4.05. The van der Waals surface area contributed by atoms with E-state index in [1.807, 2.05) is 6.92 Å². The number of carbonyl (C=O) groups is 1. The minimum Gasteiger partial charge on any atom is -0.460 e. The highest BCUT2D eigenvalue weighted by Gasteiger charge is 2.22. The van der Waals surface area contributed by atoms with Gasteiger partial charge in [0, 0.05) is 5.02 Å². The van der Waals surface area contributed by atoms with Crippen molar-refractivity contribution in [3.8, 4) is 11.5 Å². The molecule has 0 unspecified atom stereocenters. The largest absolute Gasteiger partial charge is 0.460 e. The molecule has 0 atom stereocenters. The zero-order valence-corrected chi connectivity index (χ0v) is 11.8. The topological polar surface area (TPSA) is 52.3 Å². The summed E-state index contributed by atoms with van der Waals surface area (Å²) in [5, 5.41) is 0.357. The van der Waals surface area contributed by atoms with Gasteiger partial charge in [0.15, 0.2) is 0 Å². The lowest BCUT2D eigenvalue weighted by atomic mass is 10.2. The Morgan fingerprint density at radius 3 is 2.85 bits per heavy atom. The number of ether oxygens (including phenoxy) is 1. The third-order valence-electron chi connectivity index (χ3n) is 2.65. The van der Waals surface area contributed by atoms with Crippen LogP contribution in [0.1, 0.15) is 30.1 Å². The summed E-state index contributed by atoms with van der Waals surface area (Å²) >= 11 is 5.83. The Morgan fingerprint density at radius 2 is 2.20 bits per heavy atom. The van der Waals surface area contributed by atoms with Crippen LogP contribution in [0, 0.1) is 5.82 Å². The standard InChI is InChI=1S/C14H13ClFNO3/c1-3-11-12(14(18)19-4-2)20-13(17-11)9-7-8(15)5-6-10(9)16/h5-7H,3-4H2,1-2H3. The van der Waals surface area contributed by atoms with Gasteiger partial charge in [-0.15, -0.1) is 0 Å². The summed E-state index contributed by atoms with van der Waals surface area (Å²) in [7, 11) is 0. The van der Waals surface area contributed by atoms with Gasteiger partial charge in [0.05, 0.1) is 17.9 Å². The van der Waals surface area contributed by atoms with E-state index in [1.54, 1.807) is 6.92 Å². The maximum atomic E-state index is 13.8. The highest BCUT2D eigenvalue weighted by Crippen LogP contribution is 2.27. The Labute approximate surface area is 120 Å². The number of nitrogens with zero attached hydrogens (tertiary/aromatic N) is 1. The van der Waals surface area contributed by atoms with Crippen LogP contribution in [0.5, 0.6) is 0 Å². The Hall–Kier alpha value is -1.88. The molecular weight excluding hydrogens is 285 g/mol. The fourth-order valence-electron chi connectivity index (χ4n) is 1.72. The molecule has 106 valence electrons. The molecule has 0 fully saturated rings. The first kappa shape index (κ1) is 14.5. The molecule has 0 saturated carbocycles. The van der Waals surface area contributed by atoms with Crippen LogP contribution in [-0.4, -0.2) is 17.6 Å². The molecule has 0 radical (unpaired) electrons. The van der Waals surface area contributed by atoms with Crippen LogP contribution >= 0.6 is 11.6 Å². The van der Waals surface area contributed by atoms with Crippen molar-refractivity contribution in [2.24, 2.45) is 0 Å². The van der Waals surface area contributed by atoms with E-state index in [0.717, 1.165) is 0 Å². The van der Waals surface area contributed by atoms with Crippen molar-refractivity contribution in [3.05, 3.63) is 40.5 Å². The van der Waals surface area contributed by atoms with Gasteiger partial charge in [-0.1, -0.05) is 18.5 Å². The van der Waals surface area contributed by atoms with Crippen molar-refractivity contribution in [1.82, 2.24) is 4.98 Å². The predicted molar refractivity (Wildman–Crippen MR) is 72.2 cm³/mol. The molecular formula is C14H13ClFNO3. The van der Waals surface area contributed by atoms with Crippen molar-refractivity contribution >= 4 is 17.6 Å². The minimum absolute atomic E-state index is 0.00345. The first-order valence-electron chi connectivity index (χ1n) is 6.19. The fraction of sp³-hybridized carbons (Fsp3) is 0.286. The molecule has 2 aromatic rings. The number of hydrogen-bond acceptors (Lipinski definition) is 4. The van der Waals surface area contributed by atoms with Gasteiger partial charge in [0.2, 0.25) is 11.7 Å². The van der Waals surface area contributed by atoms with Crippen molar-refractivity contribution in [3.63, 3.8) is 0 Å². The number of oxazole rings is 1. The summed E-state index contributed by atoms with van der Waals surface area (Å²) in [6.07, 6.45) is 0.472. The van der Waals surface area contributed by atoms with Crippen LogP contribution in [0.25, 0.3) is 11.5 Å². The van der Waals surface area contributed by atoms with Gasteiger partial charge >= 0.3 is 5.97 Å². The number of hydrogen-bond donors (Lipinski definition) is 0. The van der Waals surface area contributed by atoms with E-state index in [2.05, 4.69) is 4.98 Å². The third kappa shape index (κ3) is 2.82. The quantitative estimate of drug-likeness (QED) is 0.804. The number of aromatic nitrogens is 1. The van der Waals surface area contributed by atoms with Crippen LogP contribution in [0.15, 0.2) is 22.6 Å². The van der Waals surface area contributed by atoms with Crippen molar-refractivity contribution < 1.29 is 18.3 Å². The Balaban J connectivity index is 2.48. The van der Waals surface area contributed by atoms with Crippen LogP contribution in [0.3, 0.4) is 0 Å². The number of benzene rings is 1. The molecule has 0 spiro atoms. The Morgan fingerprint density at radius 1 is 1.45 bits per heavy atom. The monoisotopic (exact) mass is 297 g/mol. The maximum absolute atomic E-state index is 13.8. The van der Waals surface area contributed by atoms with E-state index >= 15 is 0 Å². The fourth-order valence-corrected chi connectivity index (χ4v) is 1.90. The molecule has 0 aliphatic carbocycles. The molecule has 0 aliphatic rings. The molecule has 2 rings (SSSR count). The molecule has 1 aromatic heterocycles.